The molecule has 6 rings (SSSR count). The predicted octanol–water partition coefficient (Wildman–Crippen LogP) is 13.1. The van der Waals surface area contributed by atoms with Crippen LogP contribution in [0, 0.1) is 14.4 Å². The minimum absolute atomic E-state index is 0. The van der Waals surface area contributed by atoms with Gasteiger partial charge in [-0.15, -0.1) is 37.7 Å². The van der Waals surface area contributed by atoms with Crippen LogP contribution in [0.2, 0.25) is 13.3 Å². The van der Waals surface area contributed by atoms with E-state index >= 15 is 0 Å². The van der Waals surface area contributed by atoms with Crippen LogP contribution in [0.1, 0.15) is 66.7 Å². The van der Waals surface area contributed by atoms with Gasteiger partial charge in [-0.25, -0.2) is 4.98 Å². The van der Waals surface area contributed by atoms with Crippen molar-refractivity contribution in [2.75, 3.05) is 0 Å². The fourth-order valence-corrected chi connectivity index (χ4v) is 26.5. The molecule has 0 aliphatic rings. The Morgan fingerprint density at radius 1 is 0.635 bits per heavy atom. The van der Waals surface area contributed by atoms with Gasteiger partial charge in [0, 0.05) is 67.4 Å². The molecule has 2 aromatic carbocycles. The van der Waals surface area contributed by atoms with Crippen molar-refractivity contribution in [1.82, 2.24) is 19.1 Å². The molecule has 0 N–H and O–H groups in total. The molecule has 63 heavy (non-hydrogen) atoms. The average Bonchev–Trinajstić information content (AvgIpc) is 4.00. The smallest absolute Gasteiger partial charge is 0.406 e. The molecule has 0 radical (unpaired) electrons. The third kappa shape index (κ3) is 18.4. The van der Waals surface area contributed by atoms with Crippen LogP contribution >= 0.6 is 45.3 Å². The van der Waals surface area contributed by atoms with Crippen molar-refractivity contribution in [3.8, 4) is 33.4 Å². The van der Waals surface area contributed by atoms with Gasteiger partial charge < -0.3 is 9.47 Å². The van der Waals surface area contributed by atoms with Crippen LogP contribution < -0.4 is 23.6 Å². The minimum atomic E-state index is -4.75. The van der Waals surface area contributed by atoms with E-state index in [0.717, 1.165) is 38.4 Å². The van der Waals surface area contributed by atoms with Gasteiger partial charge in [-0.05, 0) is 83.3 Å². The normalized spacial score (nSPS) is 11.0. The second-order valence-electron chi connectivity index (χ2n) is 13.5. The summed E-state index contributed by atoms with van der Waals surface area (Å²) in [6, 6.07) is 16.3. The SMILES string of the molecule is C.CCC[CH2][Sn]([CH2]CCC)([CH2]CCC)[c]1nccs1.N#N.O=c1ccc(-c2nccs2)cn1-c1ccc(OC(F)(F)F)cc1.O=c1ccc(I)cn1-c1ccc(OC(F)(F)F)cc1. The molecule has 20 heteroatoms. The van der Waals surface area contributed by atoms with Crippen molar-refractivity contribution < 1.29 is 35.8 Å². The summed E-state index contributed by atoms with van der Waals surface area (Å²) in [5.41, 5.74) is 1.09. The van der Waals surface area contributed by atoms with Gasteiger partial charge in [0.2, 0.25) is 0 Å². The van der Waals surface area contributed by atoms with Crippen molar-refractivity contribution in [3.63, 3.8) is 0 Å². The number of hydrogen-bond acceptors (Lipinski definition) is 10. The number of rotatable bonds is 15. The summed E-state index contributed by atoms with van der Waals surface area (Å²) >= 11 is 3.30. The fourth-order valence-electron chi connectivity index (χ4n) is 6.19. The second-order valence-corrected chi connectivity index (χ2v) is 30.5. The van der Waals surface area contributed by atoms with Crippen LogP contribution in [0.25, 0.3) is 21.9 Å². The average molecular weight is 1140 g/mol. The van der Waals surface area contributed by atoms with Crippen LogP contribution in [-0.4, -0.2) is 50.2 Å². The van der Waals surface area contributed by atoms with E-state index in [1.165, 1.54) is 95.4 Å². The van der Waals surface area contributed by atoms with Crippen LogP contribution in [0.3, 0.4) is 0 Å². The number of unbranched alkanes of at least 4 members (excludes halogenated alkanes) is 3. The molecule has 0 unspecified atom stereocenters. The van der Waals surface area contributed by atoms with E-state index in [9.17, 15) is 35.9 Å². The molecule has 0 spiro atoms. The summed E-state index contributed by atoms with van der Waals surface area (Å²) in [5, 5.41) is 16.8. The third-order valence-electron chi connectivity index (χ3n) is 9.07. The summed E-state index contributed by atoms with van der Waals surface area (Å²) < 4.78 is 89.8. The van der Waals surface area contributed by atoms with Crippen molar-refractivity contribution in [2.45, 2.75) is 92.8 Å². The Hall–Kier alpha value is -4.27. The standard InChI is InChI=1S/C15H9F3N2O2S.C12H7F3INO2.3C4H9.C3H2NS.CH4.N2.Sn/c16-15(17,18)22-12-4-2-11(3-5-12)20-9-10(1-6-13(20)21)14-19-7-8-23-14;13-12(14,15)19-10-4-2-9(3-5-10)17-7-8(16)1-6-11(17)18;3*1-3-4-2;1-2-5-3-4-1;;1-2;/h1-9H;1-7H;3*1,3-4H2,2H3;1-2H;1H4;;. The van der Waals surface area contributed by atoms with Crippen molar-refractivity contribution in [2.24, 2.45) is 0 Å². The van der Waals surface area contributed by atoms with E-state index in [2.05, 4.69) is 40.6 Å². The van der Waals surface area contributed by atoms with Gasteiger partial charge in [-0.1, -0.05) is 7.43 Å². The molecule has 4 aromatic heterocycles. The number of halogens is 7. The molecule has 6 aromatic rings. The van der Waals surface area contributed by atoms with E-state index in [1.54, 1.807) is 47.1 Å². The maximum absolute atomic E-state index is 12.2. The third-order valence-corrected chi connectivity index (χ3v) is 29.2. The summed E-state index contributed by atoms with van der Waals surface area (Å²) in [6.07, 6.45) is 5.77. The van der Waals surface area contributed by atoms with Gasteiger partial charge in [-0.2, -0.15) is 0 Å². The Morgan fingerprint density at radius 3 is 1.46 bits per heavy atom. The van der Waals surface area contributed by atoms with Gasteiger partial charge in [-0.3, -0.25) is 18.7 Å². The number of alkyl halides is 6. The Balaban J connectivity index is 0.000000319. The topological polar surface area (TPSA) is 136 Å². The zero-order valence-corrected chi connectivity index (χ0v) is 40.7. The van der Waals surface area contributed by atoms with E-state index in [-0.39, 0.29) is 30.0 Å². The molecule has 0 saturated carbocycles. The first-order chi connectivity index (χ1) is 29.6. The van der Waals surface area contributed by atoms with Gasteiger partial charge in [0.25, 0.3) is 11.1 Å². The number of benzene rings is 2. The second kappa shape index (κ2) is 27.1. The van der Waals surface area contributed by atoms with Gasteiger partial charge >= 0.3 is 135 Å². The van der Waals surface area contributed by atoms with Gasteiger partial charge in [0.05, 0.1) is 0 Å². The van der Waals surface area contributed by atoms with E-state index in [4.69, 9.17) is 15.8 Å². The number of ether oxygens (including phenoxy) is 2. The monoisotopic (exact) mass is 1140 g/mol. The van der Waals surface area contributed by atoms with E-state index in [0.29, 0.717) is 11.4 Å². The van der Waals surface area contributed by atoms with Gasteiger partial charge in [0.1, 0.15) is 16.5 Å². The quantitative estimate of drug-likeness (QED) is 0.0429. The summed E-state index contributed by atoms with van der Waals surface area (Å²) in [5.74, 6) is -0.666. The van der Waals surface area contributed by atoms with Crippen LogP contribution in [0.5, 0.6) is 11.5 Å². The zero-order valence-electron chi connectivity index (χ0n) is 34.0. The van der Waals surface area contributed by atoms with Crippen molar-refractivity contribution >= 4 is 66.7 Å². The summed E-state index contributed by atoms with van der Waals surface area (Å²) in [6.45, 7) is 6.99. The molecular weight excluding hydrogens is 1090 g/mol. The Bertz CT molecular complexity index is 2320. The first kappa shape index (κ1) is 54.9. The molecule has 0 aliphatic carbocycles. The Kier molecular flexibility index (Phi) is 23.6. The molecule has 0 saturated heterocycles. The largest absolute Gasteiger partial charge is 0.573 e. The molecule has 0 aliphatic heterocycles. The van der Waals surface area contributed by atoms with Crippen molar-refractivity contribution in [3.05, 3.63) is 133 Å². The molecule has 4 heterocycles. The molecule has 0 atom stereocenters. The van der Waals surface area contributed by atoms with Crippen LogP contribution in [0.15, 0.2) is 118 Å². The maximum Gasteiger partial charge on any atom is 0.573 e. The molecule has 0 amide bonds. The minimum Gasteiger partial charge on any atom is -0.406 e. The number of thiazole rings is 2. The molecule has 10 nitrogen and oxygen atoms in total. The summed E-state index contributed by atoms with van der Waals surface area (Å²) in [7, 11) is 0. The van der Waals surface area contributed by atoms with Crippen molar-refractivity contribution in [1.29, 1.82) is 10.8 Å². The molecule has 340 valence electrons. The Labute approximate surface area is 388 Å². The predicted molar refractivity (Wildman–Crippen MR) is 248 cm³/mol. The molecule has 0 fully saturated rings. The summed E-state index contributed by atoms with van der Waals surface area (Å²) in [4.78, 5) is 32.5. The number of aromatic nitrogens is 4. The molecule has 0 bridgehead atoms. The fraction of sp³-hybridized carbons (Fsp3) is 0.349. The van der Waals surface area contributed by atoms with Crippen LogP contribution in [-0.2, 0) is 0 Å². The molecular formula is C43H49F6IN6O4S2Sn. The first-order valence-corrected chi connectivity index (χ1v) is 29.7. The number of hydrogen-bond donors (Lipinski definition) is 0. The van der Waals surface area contributed by atoms with Crippen LogP contribution in [0.4, 0.5) is 26.3 Å². The van der Waals surface area contributed by atoms with Gasteiger partial charge in [0.15, 0.2) is 0 Å². The number of pyridine rings is 2. The Morgan fingerprint density at radius 2 is 1.06 bits per heavy atom. The maximum atomic E-state index is 12.2. The van der Waals surface area contributed by atoms with E-state index < -0.39 is 31.1 Å². The number of nitrogens with zero attached hydrogens (tertiary/aromatic N) is 6. The first-order valence-electron chi connectivity index (χ1n) is 19.4. The van der Waals surface area contributed by atoms with E-state index in [1.807, 2.05) is 45.5 Å². The zero-order chi connectivity index (χ0) is 45.8.